The van der Waals surface area contributed by atoms with Crippen molar-refractivity contribution in [1.29, 1.82) is 0 Å². The van der Waals surface area contributed by atoms with E-state index in [1.807, 2.05) is 54.6 Å². The second-order valence-corrected chi connectivity index (χ2v) is 5.23. The van der Waals surface area contributed by atoms with Crippen molar-refractivity contribution in [2.24, 2.45) is 0 Å². The lowest BCUT2D eigenvalue weighted by atomic mass is 9.98. The van der Waals surface area contributed by atoms with Crippen LogP contribution in [-0.4, -0.2) is 5.78 Å². The Labute approximate surface area is 132 Å². The zero-order valence-electron chi connectivity index (χ0n) is 12.9. The number of terminal acetylenes is 1. The highest BCUT2D eigenvalue weighted by Crippen LogP contribution is 2.17. The number of benzene rings is 2. The fourth-order valence-corrected chi connectivity index (χ4v) is 2.31. The molecule has 0 fully saturated rings. The monoisotopic (exact) mass is 288 g/mol. The van der Waals surface area contributed by atoms with Crippen LogP contribution in [0.5, 0.6) is 0 Å². The van der Waals surface area contributed by atoms with Crippen LogP contribution < -0.4 is 0 Å². The third kappa shape index (κ3) is 4.20. The first kappa shape index (κ1) is 15.8. The van der Waals surface area contributed by atoms with Crippen LogP contribution in [0.2, 0.25) is 0 Å². The molecule has 22 heavy (non-hydrogen) atoms. The molecular weight excluding hydrogens is 268 g/mol. The smallest absolute Gasteiger partial charge is 0.185 e. The molecule has 0 aliphatic rings. The van der Waals surface area contributed by atoms with Gasteiger partial charge < -0.3 is 0 Å². The highest BCUT2D eigenvalue weighted by molar-refractivity contribution is 6.06. The van der Waals surface area contributed by atoms with E-state index in [0.29, 0.717) is 5.56 Å². The van der Waals surface area contributed by atoms with Gasteiger partial charge in [0.1, 0.15) is 0 Å². The molecule has 0 saturated carbocycles. The molecular formula is C21H20O. The molecule has 0 aromatic heterocycles. The maximum atomic E-state index is 12.1. The Morgan fingerprint density at radius 3 is 2.64 bits per heavy atom. The number of carbonyl (C=O) groups excluding carboxylic acids is 1. The van der Waals surface area contributed by atoms with E-state index in [1.165, 1.54) is 5.56 Å². The van der Waals surface area contributed by atoms with E-state index >= 15 is 0 Å². The number of rotatable bonds is 6. The standard InChI is InChI=1S/C21H20O/c1-3-5-9-20-16-17(4-2)12-13-18(20)14-15-21(22)19-10-7-6-8-11-19/h2,6-8,10-16H,3,5,9H2,1H3. The average molecular weight is 288 g/mol. The molecule has 0 radical (unpaired) electrons. The van der Waals surface area contributed by atoms with E-state index in [0.717, 1.165) is 30.4 Å². The van der Waals surface area contributed by atoms with E-state index in [2.05, 4.69) is 12.8 Å². The lowest BCUT2D eigenvalue weighted by Crippen LogP contribution is -1.95. The van der Waals surface area contributed by atoms with Gasteiger partial charge in [-0.2, -0.15) is 0 Å². The van der Waals surface area contributed by atoms with Crippen molar-refractivity contribution >= 4 is 11.9 Å². The van der Waals surface area contributed by atoms with Crippen LogP contribution in [0.25, 0.3) is 6.08 Å². The Balaban J connectivity index is 2.23. The minimum absolute atomic E-state index is 0.0167. The molecule has 1 heteroatoms. The molecule has 2 aromatic carbocycles. The Hall–Kier alpha value is -2.59. The normalized spacial score (nSPS) is 10.5. The summed E-state index contributed by atoms with van der Waals surface area (Å²) in [5, 5.41) is 0. The maximum Gasteiger partial charge on any atom is 0.185 e. The number of hydrogen-bond acceptors (Lipinski definition) is 1. The lowest BCUT2D eigenvalue weighted by molar-refractivity contribution is 0.104. The van der Waals surface area contributed by atoms with E-state index in [1.54, 1.807) is 6.08 Å². The van der Waals surface area contributed by atoms with Crippen molar-refractivity contribution in [3.63, 3.8) is 0 Å². The van der Waals surface area contributed by atoms with Gasteiger partial charge >= 0.3 is 0 Å². The van der Waals surface area contributed by atoms with Crippen LogP contribution in [0.15, 0.2) is 54.6 Å². The summed E-state index contributed by atoms with van der Waals surface area (Å²) in [6, 6.07) is 15.3. The molecule has 0 spiro atoms. The first-order valence-corrected chi connectivity index (χ1v) is 7.61. The van der Waals surface area contributed by atoms with Crippen molar-refractivity contribution < 1.29 is 4.79 Å². The predicted molar refractivity (Wildman–Crippen MR) is 92.8 cm³/mol. The SMILES string of the molecule is C#Cc1ccc(C=CC(=O)c2ccccc2)c(CCCC)c1. The first-order chi connectivity index (χ1) is 10.7. The number of ketones is 1. The van der Waals surface area contributed by atoms with Gasteiger partial charge in [0.25, 0.3) is 0 Å². The van der Waals surface area contributed by atoms with E-state index in [-0.39, 0.29) is 5.78 Å². The van der Waals surface area contributed by atoms with Crippen molar-refractivity contribution in [3.05, 3.63) is 76.9 Å². The third-order valence-corrected chi connectivity index (χ3v) is 3.58. The molecule has 0 unspecified atom stereocenters. The first-order valence-electron chi connectivity index (χ1n) is 7.61. The molecule has 0 bridgehead atoms. The summed E-state index contributed by atoms with van der Waals surface area (Å²) >= 11 is 0. The number of unbranched alkanes of at least 4 members (excludes halogenated alkanes) is 1. The van der Waals surface area contributed by atoms with Gasteiger partial charge in [-0.1, -0.05) is 61.7 Å². The summed E-state index contributed by atoms with van der Waals surface area (Å²) in [6.45, 7) is 2.17. The quantitative estimate of drug-likeness (QED) is 0.419. The van der Waals surface area contributed by atoms with Crippen LogP contribution in [0, 0.1) is 12.3 Å². The Bertz CT molecular complexity index is 702. The van der Waals surface area contributed by atoms with Crippen molar-refractivity contribution in [3.8, 4) is 12.3 Å². The molecule has 1 nitrogen and oxygen atoms in total. The van der Waals surface area contributed by atoms with Gasteiger partial charge in [0.2, 0.25) is 0 Å². The lowest BCUT2D eigenvalue weighted by Gasteiger charge is -2.06. The van der Waals surface area contributed by atoms with Crippen molar-refractivity contribution in [2.75, 3.05) is 0 Å². The largest absolute Gasteiger partial charge is 0.289 e. The second kappa shape index (κ2) is 8.00. The van der Waals surface area contributed by atoms with Crippen molar-refractivity contribution in [2.45, 2.75) is 26.2 Å². The van der Waals surface area contributed by atoms with Gasteiger partial charge in [0.05, 0.1) is 0 Å². The maximum absolute atomic E-state index is 12.1. The number of hydrogen-bond donors (Lipinski definition) is 0. The molecule has 0 aliphatic heterocycles. The average Bonchev–Trinajstić information content (AvgIpc) is 2.58. The molecule has 0 heterocycles. The Morgan fingerprint density at radius 1 is 1.18 bits per heavy atom. The van der Waals surface area contributed by atoms with Crippen LogP contribution >= 0.6 is 0 Å². The van der Waals surface area contributed by atoms with Crippen LogP contribution in [0.3, 0.4) is 0 Å². The molecule has 2 aromatic rings. The third-order valence-electron chi connectivity index (χ3n) is 3.58. The number of aryl methyl sites for hydroxylation is 1. The van der Waals surface area contributed by atoms with Gasteiger partial charge in [-0.15, -0.1) is 6.42 Å². The number of allylic oxidation sites excluding steroid dienone is 1. The summed E-state index contributed by atoms with van der Waals surface area (Å²) in [4.78, 5) is 12.1. The Kier molecular flexibility index (Phi) is 5.74. The molecule has 2 rings (SSSR count). The second-order valence-electron chi connectivity index (χ2n) is 5.23. The van der Waals surface area contributed by atoms with E-state index < -0.39 is 0 Å². The summed E-state index contributed by atoms with van der Waals surface area (Å²) in [5.41, 5.74) is 3.86. The minimum Gasteiger partial charge on any atom is -0.289 e. The van der Waals surface area contributed by atoms with Gasteiger partial charge in [0.15, 0.2) is 5.78 Å². The van der Waals surface area contributed by atoms with E-state index in [4.69, 9.17) is 6.42 Å². The summed E-state index contributed by atoms with van der Waals surface area (Å²) in [7, 11) is 0. The highest BCUT2D eigenvalue weighted by atomic mass is 16.1. The van der Waals surface area contributed by atoms with Crippen LogP contribution in [0.4, 0.5) is 0 Å². The fourth-order valence-electron chi connectivity index (χ4n) is 2.31. The topological polar surface area (TPSA) is 17.1 Å². The molecule has 0 aliphatic carbocycles. The number of carbonyl (C=O) groups is 1. The zero-order chi connectivity index (χ0) is 15.8. The van der Waals surface area contributed by atoms with Gasteiger partial charge in [-0.05, 0) is 42.2 Å². The molecule has 0 amide bonds. The Morgan fingerprint density at radius 2 is 1.95 bits per heavy atom. The van der Waals surface area contributed by atoms with Crippen LogP contribution in [0.1, 0.15) is 46.8 Å². The predicted octanol–water partition coefficient (Wildman–Crippen LogP) is 4.91. The summed E-state index contributed by atoms with van der Waals surface area (Å²) in [5.74, 6) is 2.69. The minimum atomic E-state index is 0.0167. The van der Waals surface area contributed by atoms with Gasteiger partial charge in [-0.25, -0.2) is 0 Å². The van der Waals surface area contributed by atoms with Gasteiger partial charge in [0, 0.05) is 11.1 Å². The highest BCUT2D eigenvalue weighted by Gasteiger charge is 2.03. The summed E-state index contributed by atoms with van der Waals surface area (Å²) in [6.07, 6.45) is 12.2. The van der Waals surface area contributed by atoms with Crippen LogP contribution in [-0.2, 0) is 6.42 Å². The molecule has 0 saturated heterocycles. The molecule has 0 atom stereocenters. The zero-order valence-corrected chi connectivity index (χ0v) is 12.9. The van der Waals surface area contributed by atoms with Crippen molar-refractivity contribution in [1.82, 2.24) is 0 Å². The van der Waals surface area contributed by atoms with E-state index in [9.17, 15) is 4.79 Å². The molecule has 110 valence electrons. The summed E-state index contributed by atoms with van der Waals surface area (Å²) < 4.78 is 0. The fraction of sp³-hybridized carbons (Fsp3) is 0.190. The molecule has 0 N–H and O–H groups in total. The van der Waals surface area contributed by atoms with Gasteiger partial charge in [-0.3, -0.25) is 4.79 Å².